The number of hydrogen-bond acceptors (Lipinski definition) is 5. The van der Waals surface area contributed by atoms with Gasteiger partial charge in [0.25, 0.3) is 0 Å². The second-order valence-electron chi connectivity index (χ2n) is 0.924. The quantitative estimate of drug-likeness (QED) is 0.396. The van der Waals surface area contributed by atoms with Gasteiger partial charge in [-0.3, -0.25) is 9.11 Å². The molecule has 0 unspecified atom stereocenters. The summed E-state index contributed by atoms with van der Waals surface area (Å²) in [5.74, 6) is 0. The second-order valence-corrected chi connectivity index (χ2v) is 3.18. The second kappa shape index (κ2) is 4.16. The molecule has 0 aromatic rings. The zero-order valence-corrected chi connectivity index (χ0v) is 5.39. The van der Waals surface area contributed by atoms with Crippen LogP contribution in [0.15, 0.2) is 0 Å². The Labute approximate surface area is 87.3 Å². The third kappa shape index (κ3) is 11.8. The molecule has 7 nitrogen and oxygen atoms in total. The van der Waals surface area contributed by atoms with Crippen molar-refractivity contribution < 1.29 is 29.6 Å². The van der Waals surface area contributed by atoms with Crippen LogP contribution in [0.4, 0.5) is 0 Å². The molecular formula is H4CaO7S2. The van der Waals surface area contributed by atoms with Crippen LogP contribution >= 0.6 is 0 Å². The third-order valence-corrected chi connectivity index (χ3v) is 1.55. The fourth-order valence-electron chi connectivity index (χ4n) is 0.109. The Kier molecular flexibility index (Phi) is 5.67. The summed E-state index contributed by atoms with van der Waals surface area (Å²) in [4.78, 5) is 0. The molecule has 0 saturated heterocycles. The first-order valence-electron chi connectivity index (χ1n) is 1.37. The molecule has 0 amide bonds. The summed E-state index contributed by atoms with van der Waals surface area (Å²) < 4.78 is 55.6. The Balaban J connectivity index is 0. The molecule has 2 N–H and O–H groups in total. The van der Waals surface area contributed by atoms with Gasteiger partial charge in [-0.05, 0) is 0 Å². The van der Waals surface area contributed by atoms with Crippen LogP contribution in [0, 0.1) is 0 Å². The molecule has 0 rings (SSSR count). The van der Waals surface area contributed by atoms with E-state index in [9.17, 15) is 16.8 Å². The zero-order valence-electron chi connectivity index (χ0n) is 3.75. The van der Waals surface area contributed by atoms with Crippen molar-refractivity contribution in [3.63, 3.8) is 0 Å². The molecule has 0 aliphatic carbocycles. The van der Waals surface area contributed by atoms with Gasteiger partial charge in [0.15, 0.2) is 0 Å². The van der Waals surface area contributed by atoms with E-state index < -0.39 is 20.8 Å². The first kappa shape index (κ1) is 13.6. The normalized spacial score (nSPS) is 12.2. The van der Waals surface area contributed by atoms with Gasteiger partial charge < -0.3 is 0 Å². The third-order valence-electron chi connectivity index (χ3n) is 0.172. The van der Waals surface area contributed by atoms with Gasteiger partial charge in [0.2, 0.25) is 0 Å². The van der Waals surface area contributed by atoms with E-state index in [4.69, 9.17) is 9.11 Å². The topological polar surface area (TPSA) is 118 Å². The van der Waals surface area contributed by atoms with Crippen molar-refractivity contribution in [2.45, 2.75) is 0 Å². The van der Waals surface area contributed by atoms with E-state index in [0.717, 1.165) is 0 Å². The van der Waals surface area contributed by atoms with Crippen LogP contribution in [0.25, 0.3) is 0 Å². The molecule has 0 radical (unpaired) electrons. The van der Waals surface area contributed by atoms with Gasteiger partial charge in [-0.25, -0.2) is 0 Å². The van der Waals surface area contributed by atoms with Gasteiger partial charge in [0.1, 0.15) is 0 Å². The molecule has 0 aliphatic rings. The van der Waals surface area contributed by atoms with Crippen molar-refractivity contribution >= 4 is 58.5 Å². The van der Waals surface area contributed by atoms with Crippen LogP contribution in [-0.4, -0.2) is 63.7 Å². The first-order chi connectivity index (χ1) is 3.71. The molecule has 0 saturated carbocycles. The van der Waals surface area contributed by atoms with Crippen LogP contribution in [0.1, 0.15) is 0 Å². The molecule has 0 aliphatic heterocycles. The monoisotopic (exact) mass is 220 g/mol. The summed E-state index contributed by atoms with van der Waals surface area (Å²) in [6.45, 7) is 0. The van der Waals surface area contributed by atoms with Crippen molar-refractivity contribution in [3.05, 3.63) is 0 Å². The van der Waals surface area contributed by atoms with Crippen molar-refractivity contribution in [3.8, 4) is 0 Å². The van der Waals surface area contributed by atoms with Gasteiger partial charge in [0.05, 0.1) is 0 Å². The fraction of sp³-hybridized carbons (Fsp3) is 0. The van der Waals surface area contributed by atoms with E-state index in [-0.39, 0.29) is 37.7 Å². The maximum absolute atomic E-state index is 9.44. The van der Waals surface area contributed by atoms with Gasteiger partial charge in [-0.1, -0.05) is 0 Å². The Morgan fingerprint density at radius 1 is 0.900 bits per heavy atom. The van der Waals surface area contributed by atoms with Crippen LogP contribution in [0.2, 0.25) is 0 Å². The number of rotatable bonds is 2. The fourth-order valence-corrected chi connectivity index (χ4v) is 0.978. The molecule has 0 atom stereocenters. The summed E-state index contributed by atoms with van der Waals surface area (Å²) in [7, 11) is -10.2. The molecular weight excluding hydrogens is 216 g/mol. The molecule has 0 fully saturated rings. The summed E-state index contributed by atoms with van der Waals surface area (Å²) in [6.07, 6.45) is 0. The van der Waals surface area contributed by atoms with Crippen molar-refractivity contribution in [1.29, 1.82) is 0 Å². The first-order valence-corrected chi connectivity index (χ1v) is 4.10. The van der Waals surface area contributed by atoms with Crippen LogP contribution < -0.4 is 0 Å². The van der Waals surface area contributed by atoms with E-state index in [0.29, 0.717) is 0 Å². The molecule has 10 heavy (non-hydrogen) atoms. The Morgan fingerprint density at radius 2 is 1.10 bits per heavy atom. The summed E-state index contributed by atoms with van der Waals surface area (Å²) >= 11 is 0. The van der Waals surface area contributed by atoms with Gasteiger partial charge >= 0.3 is 58.5 Å². The Hall–Kier alpha value is 1.04. The van der Waals surface area contributed by atoms with E-state index in [1.54, 1.807) is 0 Å². The van der Waals surface area contributed by atoms with E-state index in [1.165, 1.54) is 0 Å². The average Bonchev–Trinajstić information content (AvgIpc) is 1.14. The molecule has 0 bridgehead atoms. The number of hydrogen-bond donors (Lipinski definition) is 2. The maximum atomic E-state index is 9.44. The Morgan fingerprint density at radius 3 is 1.10 bits per heavy atom. The SMILES string of the molecule is O=S(=O)(O)OS(=O)(=O)O.[CaH2]. The van der Waals surface area contributed by atoms with Gasteiger partial charge in [-0.15, -0.1) is 3.63 Å². The predicted molar refractivity (Wildman–Crippen MR) is 32.7 cm³/mol. The van der Waals surface area contributed by atoms with E-state index in [1.807, 2.05) is 0 Å². The molecule has 0 aromatic carbocycles. The molecule has 60 valence electrons. The molecule has 0 heterocycles. The minimum atomic E-state index is -5.12. The minimum absolute atomic E-state index is 0. The average molecular weight is 220 g/mol. The summed E-state index contributed by atoms with van der Waals surface area (Å²) in [5, 5.41) is 0. The van der Waals surface area contributed by atoms with Crippen LogP contribution in [0.3, 0.4) is 0 Å². The van der Waals surface area contributed by atoms with Crippen molar-refractivity contribution in [2.75, 3.05) is 0 Å². The molecule has 0 aromatic heterocycles. The van der Waals surface area contributed by atoms with E-state index in [2.05, 4.69) is 3.63 Å². The van der Waals surface area contributed by atoms with Crippen LogP contribution in [0.5, 0.6) is 0 Å². The van der Waals surface area contributed by atoms with Gasteiger partial charge in [-0.2, -0.15) is 16.8 Å². The zero-order chi connectivity index (χ0) is 7.71. The predicted octanol–water partition coefficient (Wildman–Crippen LogP) is -2.31. The standard InChI is InChI=1S/Ca.H2O7S2.2H/c;1-8(2,3)7-9(4,5)6;;/h;(H,1,2,3)(H,4,5,6);;. The van der Waals surface area contributed by atoms with Gasteiger partial charge in [0, 0.05) is 0 Å². The summed E-state index contributed by atoms with van der Waals surface area (Å²) in [5.41, 5.74) is 0. The summed E-state index contributed by atoms with van der Waals surface area (Å²) in [6, 6.07) is 0. The van der Waals surface area contributed by atoms with E-state index >= 15 is 0 Å². The van der Waals surface area contributed by atoms with Crippen molar-refractivity contribution in [1.82, 2.24) is 0 Å². The molecule has 0 spiro atoms. The molecule has 10 heteroatoms. The van der Waals surface area contributed by atoms with Crippen molar-refractivity contribution in [2.24, 2.45) is 0 Å². The van der Waals surface area contributed by atoms with Crippen LogP contribution in [-0.2, 0) is 24.4 Å². The Bertz CT molecular complexity index is 237.